The van der Waals surface area contributed by atoms with Gasteiger partial charge in [0, 0.05) is 35.9 Å². The fraction of sp³-hybridized carbons (Fsp3) is 0.364. The van der Waals surface area contributed by atoms with Gasteiger partial charge in [0.05, 0.1) is 0 Å². The highest BCUT2D eigenvalue weighted by atomic mass is 35.5. The molecule has 0 saturated heterocycles. The number of halogens is 1. The SMILES string of the molecule is CCn1nccc1CSc1nc(C)cc(=O)[nH]1.Cl. The summed E-state index contributed by atoms with van der Waals surface area (Å²) in [4.78, 5) is 18.3. The van der Waals surface area contributed by atoms with Crippen molar-refractivity contribution in [1.82, 2.24) is 19.7 Å². The van der Waals surface area contributed by atoms with Crippen LogP contribution in [-0.2, 0) is 12.3 Å². The average Bonchev–Trinajstić information content (AvgIpc) is 2.72. The van der Waals surface area contributed by atoms with Crippen LogP contribution in [-0.4, -0.2) is 19.7 Å². The maximum Gasteiger partial charge on any atom is 0.251 e. The van der Waals surface area contributed by atoms with Crippen molar-refractivity contribution in [3.8, 4) is 0 Å². The largest absolute Gasteiger partial charge is 0.301 e. The summed E-state index contributed by atoms with van der Waals surface area (Å²) < 4.78 is 1.93. The summed E-state index contributed by atoms with van der Waals surface area (Å²) in [5.41, 5.74) is 1.76. The van der Waals surface area contributed by atoms with E-state index in [0.717, 1.165) is 23.7 Å². The lowest BCUT2D eigenvalue weighted by molar-refractivity contribution is 0.637. The van der Waals surface area contributed by atoms with Crippen LogP contribution in [0.25, 0.3) is 0 Å². The quantitative estimate of drug-likeness (QED) is 0.690. The van der Waals surface area contributed by atoms with E-state index in [-0.39, 0.29) is 18.0 Å². The van der Waals surface area contributed by atoms with Gasteiger partial charge in [-0.05, 0) is 19.9 Å². The zero-order valence-electron chi connectivity index (χ0n) is 10.2. The molecule has 98 valence electrons. The van der Waals surface area contributed by atoms with Gasteiger partial charge in [0.25, 0.3) is 5.56 Å². The van der Waals surface area contributed by atoms with Gasteiger partial charge in [-0.15, -0.1) is 12.4 Å². The molecule has 2 rings (SSSR count). The normalized spacial score (nSPS) is 10.1. The maximum absolute atomic E-state index is 11.3. The summed E-state index contributed by atoms with van der Waals surface area (Å²) in [7, 11) is 0. The lowest BCUT2D eigenvalue weighted by Gasteiger charge is -2.04. The number of hydrogen-bond donors (Lipinski definition) is 1. The first-order valence-corrected chi connectivity index (χ1v) is 6.39. The summed E-state index contributed by atoms with van der Waals surface area (Å²) in [6.07, 6.45) is 1.78. The highest BCUT2D eigenvalue weighted by Crippen LogP contribution is 2.17. The fourth-order valence-electron chi connectivity index (χ4n) is 1.53. The van der Waals surface area contributed by atoms with Crippen molar-refractivity contribution >= 4 is 24.2 Å². The lowest BCUT2D eigenvalue weighted by Crippen LogP contribution is -2.08. The van der Waals surface area contributed by atoms with Crippen LogP contribution in [0.1, 0.15) is 18.3 Å². The van der Waals surface area contributed by atoms with Gasteiger partial charge in [0.2, 0.25) is 0 Å². The molecule has 0 atom stereocenters. The third kappa shape index (κ3) is 3.61. The first kappa shape index (κ1) is 14.8. The van der Waals surface area contributed by atoms with Crippen LogP contribution in [0.5, 0.6) is 0 Å². The molecular formula is C11H15ClN4OS. The molecule has 5 nitrogen and oxygen atoms in total. The molecule has 0 unspecified atom stereocenters. The number of rotatable bonds is 4. The highest BCUT2D eigenvalue weighted by molar-refractivity contribution is 7.98. The summed E-state index contributed by atoms with van der Waals surface area (Å²) in [5, 5.41) is 4.84. The van der Waals surface area contributed by atoms with Crippen LogP contribution >= 0.6 is 24.2 Å². The van der Waals surface area contributed by atoms with Gasteiger partial charge in [-0.2, -0.15) is 5.10 Å². The molecule has 2 heterocycles. The topological polar surface area (TPSA) is 63.6 Å². The Bertz CT molecular complexity index is 566. The molecule has 7 heteroatoms. The molecule has 2 aromatic rings. The van der Waals surface area contributed by atoms with E-state index >= 15 is 0 Å². The molecule has 0 aliphatic heterocycles. The Kier molecular flexibility index (Phi) is 5.43. The van der Waals surface area contributed by atoms with E-state index < -0.39 is 0 Å². The van der Waals surface area contributed by atoms with Gasteiger partial charge in [-0.1, -0.05) is 11.8 Å². The van der Waals surface area contributed by atoms with Crippen molar-refractivity contribution in [2.24, 2.45) is 0 Å². The smallest absolute Gasteiger partial charge is 0.251 e. The third-order valence-electron chi connectivity index (χ3n) is 2.31. The summed E-state index contributed by atoms with van der Waals surface area (Å²) in [6.45, 7) is 4.71. The fourth-order valence-corrected chi connectivity index (χ4v) is 2.44. The first-order valence-electron chi connectivity index (χ1n) is 5.40. The van der Waals surface area contributed by atoms with Crippen LogP contribution < -0.4 is 5.56 Å². The van der Waals surface area contributed by atoms with E-state index in [0.29, 0.717) is 5.16 Å². The predicted molar refractivity (Wildman–Crippen MR) is 74.3 cm³/mol. The van der Waals surface area contributed by atoms with E-state index in [9.17, 15) is 4.79 Å². The zero-order valence-corrected chi connectivity index (χ0v) is 11.8. The minimum atomic E-state index is -0.107. The molecule has 0 fully saturated rings. The molecule has 0 aromatic carbocycles. The van der Waals surface area contributed by atoms with Gasteiger partial charge in [-0.3, -0.25) is 9.48 Å². The number of aromatic nitrogens is 4. The number of aryl methyl sites for hydroxylation is 2. The van der Waals surface area contributed by atoms with Gasteiger partial charge < -0.3 is 4.98 Å². The predicted octanol–water partition coefficient (Wildman–Crippen LogP) is 2.01. The molecule has 0 amide bonds. The second kappa shape index (κ2) is 6.61. The van der Waals surface area contributed by atoms with Crippen molar-refractivity contribution in [2.45, 2.75) is 31.3 Å². The number of H-pyrrole nitrogens is 1. The molecule has 0 saturated carbocycles. The Morgan fingerprint density at radius 3 is 2.94 bits per heavy atom. The standard InChI is InChI=1S/C11H14N4OS.ClH/c1-3-15-9(4-5-12-15)7-17-11-13-8(2)6-10(16)14-11;/h4-6H,3,7H2,1-2H3,(H,13,14,16);1H. The Balaban J connectivity index is 0.00000162. The molecule has 1 N–H and O–H groups in total. The molecule has 0 bridgehead atoms. The molecule has 0 radical (unpaired) electrons. The average molecular weight is 287 g/mol. The highest BCUT2D eigenvalue weighted by Gasteiger charge is 2.04. The van der Waals surface area contributed by atoms with Crippen molar-refractivity contribution in [2.75, 3.05) is 0 Å². The van der Waals surface area contributed by atoms with Crippen LogP contribution in [0.4, 0.5) is 0 Å². The minimum absolute atomic E-state index is 0. The lowest BCUT2D eigenvalue weighted by atomic mass is 10.5. The third-order valence-corrected chi connectivity index (χ3v) is 3.22. The zero-order chi connectivity index (χ0) is 12.3. The van der Waals surface area contributed by atoms with Crippen molar-refractivity contribution in [3.63, 3.8) is 0 Å². The van der Waals surface area contributed by atoms with Crippen LogP contribution in [0.3, 0.4) is 0 Å². The number of nitrogens with zero attached hydrogens (tertiary/aromatic N) is 3. The Hall–Kier alpha value is -1.27. The van der Waals surface area contributed by atoms with E-state index in [1.54, 1.807) is 6.20 Å². The maximum atomic E-state index is 11.3. The van der Waals surface area contributed by atoms with E-state index in [1.165, 1.54) is 17.8 Å². The van der Waals surface area contributed by atoms with E-state index in [1.807, 2.05) is 24.6 Å². The first-order chi connectivity index (χ1) is 8.19. The second-order valence-electron chi connectivity index (χ2n) is 3.62. The second-order valence-corrected chi connectivity index (χ2v) is 4.58. The van der Waals surface area contributed by atoms with Crippen LogP contribution in [0, 0.1) is 6.92 Å². The van der Waals surface area contributed by atoms with E-state index in [4.69, 9.17) is 0 Å². The Morgan fingerprint density at radius 2 is 2.28 bits per heavy atom. The molecule has 18 heavy (non-hydrogen) atoms. The summed E-state index contributed by atoms with van der Waals surface area (Å²) in [5.74, 6) is 0.750. The van der Waals surface area contributed by atoms with Crippen LogP contribution in [0.2, 0.25) is 0 Å². The van der Waals surface area contributed by atoms with Crippen molar-refractivity contribution in [1.29, 1.82) is 0 Å². The Morgan fingerprint density at radius 1 is 1.50 bits per heavy atom. The molecular weight excluding hydrogens is 272 g/mol. The van der Waals surface area contributed by atoms with Gasteiger partial charge in [0.15, 0.2) is 5.16 Å². The van der Waals surface area contributed by atoms with Crippen molar-refractivity contribution < 1.29 is 0 Å². The van der Waals surface area contributed by atoms with Gasteiger partial charge >= 0.3 is 0 Å². The molecule has 2 aromatic heterocycles. The Labute approximate surface area is 115 Å². The number of thioether (sulfide) groups is 1. The number of hydrogen-bond acceptors (Lipinski definition) is 4. The summed E-state index contributed by atoms with van der Waals surface area (Å²) >= 11 is 1.51. The molecule has 0 aliphatic rings. The summed E-state index contributed by atoms with van der Waals surface area (Å²) in [6, 6.07) is 3.46. The number of nitrogens with one attached hydrogen (secondary N) is 1. The minimum Gasteiger partial charge on any atom is -0.301 e. The van der Waals surface area contributed by atoms with Gasteiger partial charge in [0.1, 0.15) is 0 Å². The molecule has 0 spiro atoms. The van der Waals surface area contributed by atoms with Crippen LogP contribution in [0.15, 0.2) is 28.3 Å². The van der Waals surface area contributed by atoms with E-state index in [2.05, 4.69) is 15.1 Å². The molecule has 0 aliphatic carbocycles. The number of aromatic amines is 1. The van der Waals surface area contributed by atoms with Gasteiger partial charge in [-0.25, -0.2) is 4.98 Å². The van der Waals surface area contributed by atoms with Crippen molar-refractivity contribution in [3.05, 3.63) is 40.1 Å². The monoisotopic (exact) mass is 286 g/mol.